The van der Waals surface area contributed by atoms with Gasteiger partial charge in [0.05, 0.1) is 11.3 Å². The van der Waals surface area contributed by atoms with Crippen LogP contribution >= 0.6 is 11.3 Å². The summed E-state index contributed by atoms with van der Waals surface area (Å²) >= 11 is 1.55. The average molecular weight is 276 g/mol. The van der Waals surface area contributed by atoms with Crippen LogP contribution in [0.3, 0.4) is 0 Å². The fraction of sp³-hybridized carbons (Fsp3) is 0.286. The molecule has 1 aromatic heterocycles. The van der Waals surface area contributed by atoms with E-state index in [0.717, 1.165) is 22.1 Å². The van der Waals surface area contributed by atoms with E-state index < -0.39 is 5.97 Å². The average Bonchev–Trinajstić information content (AvgIpc) is 2.77. The zero-order chi connectivity index (χ0) is 14.0. The molecular weight excluding hydrogens is 260 g/mol. The highest BCUT2D eigenvalue weighted by Crippen LogP contribution is 2.25. The molecule has 0 saturated carbocycles. The third kappa shape index (κ3) is 3.12. The number of thiazole rings is 1. The number of benzene rings is 1. The van der Waals surface area contributed by atoms with Crippen LogP contribution < -0.4 is 5.32 Å². The summed E-state index contributed by atoms with van der Waals surface area (Å²) in [6.45, 7) is 5.99. The summed E-state index contributed by atoms with van der Waals surface area (Å²) in [4.78, 5) is 15.4. The van der Waals surface area contributed by atoms with Crippen LogP contribution in [0.4, 0.5) is 10.8 Å². The van der Waals surface area contributed by atoms with Crippen molar-refractivity contribution in [3.8, 4) is 0 Å². The van der Waals surface area contributed by atoms with Crippen LogP contribution in [0, 0.1) is 6.92 Å². The second-order valence-corrected chi connectivity index (χ2v) is 5.55. The van der Waals surface area contributed by atoms with Gasteiger partial charge in [0, 0.05) is 11.1 Å². The lowest BCUT2D eigenvalue weighted by atomic mass is 10.1. The highest BCUT2D eigenvalue weighted by molar-refractivity contribution is 7.13. The molecule has 100 valence electrons. The Morgan fingerprint density at radius 2 is 2.16 bits per heavy atom. The molecule has 2 aromatic rings. The molecule has 2 N–H and O–H groups in total. The van der Waals surface area contributed by atoms with E-state index in [0.29, 0.717) is 11.5 Å². The first-order valence-corrected chi connectivity index (χ1v) is 6.91. The van der Waals surface area contributed by atoms with Crippen molar-refractivity contribution in [2.24, 2.45) is 0 Å². The molecule has 5 heteroatoms. The molecule has 0 unspecified atom stereocenters. The summed E-state index contributed by atoms with van der Waals surface area (Å²) < 4.78 is 0. The Labute approximate surface area is 116 Å². The Morgan fingerprint density at radius 3 is 2.68 bits per heavy atom. The molecule has 0 aliphatic heterocycles. The van der Waals surface area contributed by atoms with Crippen molar-refractivity contribution in [3.05, 3.63) is 40.4 Å². The van der Waals surface area contributed by atoms with Crippen molar-refractivity contribution in [1.82, 2.24) is 4.98 Å². The smallest absolute Gasteiger partial charge is 0.335 e. The minimum atomic E-state index is -0.902. The summed E-state index contributed by atoms with van der Waals surface area (Å²) in [5.41, 5.74) is 2.98. The molecule has 19 heavy (non-hydrogen) atoms. The predicted octanol–water partition coefficient (Wildman–Crippen LogP) is 4.02. The van der Waals surface area contributed by atoms with Crippen LogP contribution in [0.1, 0.15) is 41.4 Å². The van der Waals surface area contributed by atoms with E-state index in [4.69, 9.17) is 5.11 Å². The fourth-order valence-electron chi connectivity index (χ4n) is 1.71. The van der Waals surface area contributed by atoms with Gasteiger partial charge in [0.1, 0.15) is 0 Å². The van der Waals surface area contributed by atoms with Gasteiger partial charge >= 0.3 is 5.97 Å². The van der Waals surface area contributed by atoms with Gasteiger partial charge in [-0.05, 0) is 36.6 Å². The molecule has 0 amide bonds. The van der Waals surface area contributed by atoms with E-state index in [1.807, 2.05) is 11.4 Å². The number of aryl methyl sites for hydroxylation is 1. The van der Waals surface area contributed by atoms with E-state index in [1.165, 1.54) is 0 Å². The fourth-order valence-corrected chi connectivity index (χ4v) is 2.61. The molecule has 0 radical (unpaired) electrons. The van der Waals surface area contributed by atoms with Gasteiger partial charge in [-0.15, -0.1) is 11.3 Å². The Hall–Kier alpha value is -1.88. The standard InChI is InChI=1S/C14H16N2O2S/c1-8(2)12-7-19-14(16-12)15-10-4-5-11(13(17)18)9(3)6-10/h4-8H,1-3H3,(H,15,16)(H,17,18). The molecule has 0 aliphatic carbocycles. The highest BCUT2D eigenvalue weighted by atomic mass is 32.1. The van der Waals surface area contributed by atoms with Gasteiger partial charge in [-0.3, -0.25) is 0 Å². The van der Waals surface area contributed by atoms with Crippen LogP contribution in [0.15, 0.2) is 23.6 Å². The summed E-state index contributed by atoms with van der Waals surface area (Å²) in [7, 11) is 0. The SMILES string of the molecule is Cc1cc(Nc2nc(C(C)C)cs2)ccc1C(=O)O. The molecule has 4 nitrogen and oxygen atoms in total. The lowest BCUT2D eigenvalue weighted by Gasteiger charge is -2.06. The molecule has 0 bridgehead atoms. The van der Waals surface area contributed by atoms with E-state index >= 15 is 0 Å². The van der Waals surface area contributed by atoms with Gasteiger partial charge in [-0.25, -0.2) is 9.78 Å². The molecule has 0 saturated heterocycles. The summed E-state index contributed by atoms with van der Waals surface area (Å²) in [6.07, 6.45) is 0. The highest BCUT2D eigenvalue weighted by Gasteiger charge is 2.09. The van der Waals surface area contributed by atoms with Gasteiger partial charge in [0.15, 0.2) is 5.13 Å². The first kappa shape index (κ1) is 13.5. The van der Waals surface area contributed by atoms with Crippen molar-refractivity contribution in [2.75, 3.05) is 5.32 Å². The van der Waals surface area contributed by atoms with Crippen molar-refractivity contribution >= 4 is 28.1 Å². The number of carboxylic acids is 1. The van der Waals surface area contributed by atoms with Gasteiger partial charge in [0.25, 0.3) is 0 Å². The number of aromatic carboxylic acids is 1. The first-order valence-electron chi connectivity index (χ1n) is 6.03. The van der Waals surface area contributed by atoms with E-state index in [2.05, 4.69) is 24.1 Å². The van der Waals surface area contributed by atoms with Gasteiger partial charge < -0.3 is 10.4 Å². The molecule has 1 heterocycles. The molecule has 0 aliphatic rings. The lowest BCUT2D eigenvalue weighted by Crippen LogP contribution is -2.00. The summed E-state index contributed by atoms with van der Waals surface area (Å²) in [5.74, 6) is -0.497. The van der Waals surface area contributed by atoms with Crippen LogP contribution in [0.5, 0.6) is 0 Å². The maximum absolute atomic E-state index is 10.9. The lowest BCUT2D eigenvalue weighted by molar-refractivity contribution is 0.0696. The summed E-state index contributed by atoms with van der Waals surface area (Å²) in [6, 6.07) is 5.18. The molecule has 0 spiro atoms. The Kier molecular flexibility index (Phi) is 3.85. The minimum Gasteiger partial charge on any atom is -0.478 e. The Morgan fingerprint density at radius 1 is 1.42 bits per heavy atom. The number of rotatable bonds is 4. The van der Waals surface area contributed by atoms with E-state index in [1.54, 1.807) is 30.4 Å². The van der Waals surface area contributed by atoms with E-state index in [9.17, 15) is 4.79 Å². The first-order chi connectivity index (χ1) is 8.97. The van der Waals surface area contributed by atoms with Crippen molar-refractivity contribution in [3.63, 3.8) is 0 Å². The molecule has 2 rings (SSSR count). The minimum absolute atomic E-state index is 0.326. The molecule has 1 aromatic carbocycles. The number of anilines is 2. The number of carbonyl (C=O) groups is 1. The monoisotopic (exact) mass is 276 g/mol. The van der Waals surface area contributed by atoms with Crippen molar-refractivity contribution < 1.29 is 9.90 Å². The Bertz CT molecular complexity index is 605. The number of nitrogens with zero attached hydrogens (tertiary/aromatic N) is 1. The third-order valence-corrected chi connectivity index (χ3v) is 3.60. The predicted molar refractivity (Wildman–Crippen MR) is 77.6 cm³/mol. The van der Waals surface area contributed by atoms with Crippen LogP contribution in [-0.2, 0) is 0 Å². The number of nitrogens with one attached hydrogen (secondary N) is 1. The number of hydrogen-bond acceptors (Lipinski definition) is 4. The van der Waals surface area contributed by atoms with E-state index in [-0.39, 0.29) is 0 Å². The third-order valence-electron chi connectivity index (χ3n) is 2.82. The maximum atomic E-state index is 10.9. The normalized spacial score (nSPS) is 10.7. The zero-order valence-electron chi connectivity index (χ0n) is 11.1. The van der Waals surface area contributed by atoms with Gasteiger partial charge in [0.2, 0.25) is 0 Å². The largest absolute Gasteiger partial charge is 0.478 e. The number of hydrogen-bond donors (Lipinski definition) is 2. The molecule has 0 atom stereocenters. The number of aromatic nitrogens is 1. The van der Waals surface area contributed by atoms with Crippen molar-refractivity contribution in [2.45, 2.75) is 26.7 Å². The zero-order valence-corrected chi connectivity index (χ0v) is 11.9. The van der Waals surface area contributed by atoms with Crippen LogP contribution in [-0.4, -0.2) is 16.1 Å². The quantitative estimate of drug-likeness (QED) is 0.885. The van der Waals surface area contributed by atoms with Crippen molar-refractivity contribution in [1.29, 1.82) is 0 Å². The molecular formula is C14H16N2O2S. The van der Waals surface area contributed by atoms with Crippen LogP contribution in [0.25, 0.3) is 0 Å². The van der Waals surface area contributed by atoms with Gasteiger partial charge in [-0.1, -0.05) is 13.8 Å². The second kappa shape index (κ2) is 5.40. The Balaban J connectivity index is 2.19. The second-order valence-electron chi connectivity index (χ2n) is 4.69. The summed E-state index contributed by atoms with van der Waals surface area (Å²) in [5, 5.41) is 15.0. The number of carboxylic acid groups (broad SMARTS) is 1. The topological polar surface area (TPSA) is 62.2 Å². The van der Waals surface area contributed by atoms with Gasteiger partial charge in [-0.2, -0.15) is 0 Å². The maximum Gasteiger partial charge on any atom is 0.335 e. The molecule has 0 fully saturated rings. The van der Waals surface area contributed by atoms with Crippen LogP contribution in [0.2, 0.25) is 0 Å².